The van der Waals surface area contributed by atoms with Gasteiger partial charge in [0, 0.05) is 11.1 Å². The number of aryl methyl sites for hydroxylation is 1. The van der Waals surface area contributed by atoms with Gasteiger partial charge in [0.1, 0.15) is 5.75 Å². The Morgan fingerprint density at radius 3 is 2.50 bits per heavy atom. The van der Waals surface area contributed by atoms with E-state index < -0.39 is 29.8 Å². The molecule has 0 aliphatic heterocycles. The Kier molecular flexibility index (Phi) is 5.10. The van der Waals surface area contributed by atoms with E-state index in [1.54, 1.807) is 19.1 Å². The minimum Gasteiger partial charge on any atom is -0.481 e. The molecule has 1 unspecified atom stereocenters. The van der Waals surface area contributed by atoms with E-state index in [4.69, 9.17) is 4.52 Å². The lowest BCUT2D eigenvalue weighted by molar-refractivity contribution is -0.191. The number of fused-ring (bicyclic) bond motifs is 1. The lowest BCUT2D eigenvalue weighted by Crippen LogP contribution is -2.31. The maximum absolute atomic E-state index is 13.5. The molecular weight excluding hydrogens is 442 g/mol. The third-order valence-corrected chi connectivity index (χ3v) is 4.81. The van der Waals surface area contributed by atoms with Crippen LogP contribution in [0.15, 0.2) is 41.2 Å². The van der Waals surface area contributed by atoms with Gasteiger partial charge in [0.05, 0.1) is 22.9 Å². The van der Waals surface area contributed by atoms with Crippen LogP contribution < -0.4 is 4.74 Å². The zero-order chi connectivity index (χ0) is 23.3. The largest absolute Gasteiger partial charge is 0.481 e. The summed E-state index contributed by atoms with van der Waals surface area (Å²) >= 11 is 0. The van der Waals surface area contributed by atoms with E-state index in [-0.39, 0.29) is 17.3 Å². The van der Waals surface area contributed by atoms with E-state index in [0.717, 1.165) is 23.2 Å². The van der Waals surface area contributed by atoms with Crippen LogP contribution in [0.5, 0.6) is 5.75 Å². The van der Waals surface area contributed by atoms with Gasteiger partial charge in [-0.05, 0) is 49.7 Å². The molecule has 0 saturated carbocycles. The molecule has 0 saturated heterocycles. The van der Waals surface area contributed by atoms with Crippen molar-refractivity contribution in [3.8, 4) is 28.6 Å². The maximum atomic E-state index is 13.5. The molecule has 2 aromatic carbocycles. The number of alkyl halides is 6. The van der Waals surface area contributed by atoms with Crippen LogP contribution >= 0.6 is 0 Å². The van der Waals surface area contributed by atoms with Gasteiger partial charge in [-0.2, -0.15) is 31.3 Å². The van der Waals surface area contributed by atoms with E-state index in [1.807, 2.05) is 0 Å². The first-order valence-electron chi connectivity index (χ1n) is 9.17. The molecule has 12 heteroatoms. The molecule has 0 amide bonds. The fourth-order valence-corrected chi connectivity index (χ4v) is 3.09. The zero-order valence-electron chi connectivity index (χ0n) is 16.5. The van der Waals surface area contributed by atoms with Crippen LogP contribution in [0.4, 0.5) is 26.3 Å². The lowest BCUT2D eigenvalue weighted by atomic mass is 10.1. The molecule has 0 bridgehead atoms. The van der Waals surface area contributed by atoms with Crippen molar-refractivity contribution in [2.75, 3.05) is 0 Å². The van der Waals surface area contributed by atoms with Gasteiger partial charge in [0.15, 0.2) is 6.10 Å². The second-order valence-electron chi connectivity index (χ2n) is 6.97. The van der Waals surface area contributed by atoms with Gasteiger partial charge in [0.2, 0.25) is 5.82 Å². The number of hydrogen-bond donors (Lipinski definition) is 1. The predicted molar refractivity (Wildman–Crippen MR) is 101 cm³/mol. The number of aromatic nitrogens is 4. The molecule has 4 aromatic rings. The van der Waals surface area contributed by atoms with E-state index in [0.29, 0.717) is 24.1 Å². The summed E-state index contributed by atoms with van der Waals surface area (Å²) in [4.78, 5) is 11.3. The maximum Gasteiger partial charge on any atom is 0.425 e. The summed E-state index contributed by atoms with van der Waals surface area (Å²) in [5, 5.41) is 3.82. The summed E-state index contributed by atoms with van der Waals surface area (Å²) < 4.78 is 88.3. The molecule has 32 heavy (non-hydrogen) atoms. The fourth-order valence-electron chi connectivity index (χ4n) is 3.09. The average molecular weight is 456 g/mol. The molecule has 0 aliphatic carbocycles. The van der Waals surface area contributed by atoms with E-state index in [1.165, 1.54) is 6.33 Å². The number of halogens is 6. The molecule has 1 atom stereocenters. The molecule has 4 rings (SSSR count). The normalized spacial score (nSPS) is 13.5. The van der Waals surface area contributed by atoms with Crippen LogP contribution in [-0.4, -0.2) is 32.4 Å². The highest BCUT2D eigenvalue weighted by Crippen LogP contribution is 2.40. The predicted octanol–water partition coefficient (Wildman–Crippen LogP) is 5.94. The highest BCUT2D eigenvalue weighted by atomic mass is 19.4. The van der Waals surface area contributed by atoms with Crippen molar-refractivity contribution in [2.24, 2.45) is 0 Å². The van der Waals surface area contributed by atoms with Crippen LogP contribution in [0.2, 0.25) is 0 Å². The minimum atomic E-state index is -4.97. The summed E-state index contributed by atoms with van der Waals surface area (Å²) in [5.41, 5.74) is 1.25. The highest BCUT2D eigenvalue weighted by Gasteiger charge is 2.41. The van der Waals surface area contributed by atoms with E-state index >= 15 is 0 Å². The van der Waals surface area contributed by atoms with Gasteiger partial charge in [0.25, 0.3) is 5.89 Å². The number of aromatic amines is 1. The van der Waals surface area contributed by atoms with Gasteiger partial charge in [-0.1, -0.05) is 5.16 Å². The van der Waals surface area contributed by atoms with Gasteiger partial charge in [-0.15, -0.1) is 0 Å². The first-order valence-corrected chi connectivity index (χ1v) is 9.17. The standard InChI is InChI=1S/C20H14F6N4O2/c1-9-12(4-5-14-16(9)28-8-27-14)17-29-18(32-30-17)11-3-6-15(13(7-11)20(24,25)26)31-10(2)19(21,22)23/h3-8,10H,1-2H3,(H,27,28). The van der Waals surface area contributed by atoms with Gasteiger partial charge in [-0.25, -0.2) is 4.98 Å². The summed E-state index contributed by atoms with van der Waals surface area (Å²) in [5.74, 6) is -1.06. The Labute approximate surface area is 176 Å². The van der Waals surface area contributed by atoms with Crippen molar-refractivity contribution in [3.63, 3.8) is 0 Å². The fraction of sp³-hybridized carbons (Fsp3) is 0.250. The summed E-state index contributed by atoms with van der Waals surface area (Å²) in [7, 11) is 0. The van der Waals surface area contributed by atoms with Crippen LogP contribution in [0.1, 0.15) is 18.1 Å². The first kappa shape index (κ1) is 21.7. The lowest BCUT2D eigenvalue weighted by Gasteiger charge is -2.20. The second kappa shape index (κ2) is 7.53. The third kappa shape index (κ3) is 3.99. The molecule has 2 aromatic heterocycles. The number of benzene rings is 2. The Hall–Kier alpha value is -3.57. The molecule has 168 valence electrons. The SMILES string of the molecule is Cc1c(-c2noc(-c3ccc(OC(C)C(F)(F)F)c(C(F)(F)F)c3)n2)ccc2[nH]cnc12. The van der Waals surface area contributed by atoms with Crippen molar-refractivity contribution in [3.05, 3.63) is 47.8 Å². The third-order valence-electron chi connectivity index (χ3n) is 4.81. The molecule has 6 nitrogen and oxygen atoms in total. The van der Waals surface area contributed by atoms with Gasteiger partial charge < -0.3 is 14.2 Å². The number of ether oxygens (including phenoxy) is 1. The number of nitrogens with zero attached hydrogens (tertiary/aromatic N) is 3. The average Bonchev–Trinajstić information content (AvgIpc) is 3.37. The highest BCUT2D eigenvalue weighted by molar-refractivity contribution is 5.85. The van der Waals surface area contributed by atoms with Crippen molar-refractivity contribution in [1.82, 2.24) is 20.1 Å². The van der Waals surface area contributed by atoms with Crippen LogP contribution in [0, 0.1) is 6.92 Å². The molecule has 0 aliphatic rings. The van der Waals surface area contributed by atoms with Crippen molar-refractivity contribution in [1.29, 1.82) is 0 Å². The molecular formula is C20H14F6N4O2. The summed E-state index contributed by atoms with van der Waals surface area (Å²) in [6.45, 7) is 2.40. The Bertz CT molecular complexity index is 1280. The van der Waals surface area contributed by atoms with Gasteiger partial charge in [-0.3, -0.25) is 0 Å². The Morgan fingerprint density at radius 1 is 1.06 bits per heavy atom. The smallest absolute Gasteiger partial charge is 0.425 e. The monoisotopic (exact) mass is 456 g/mol. The topological polar surface area (TPSA) is 76.8 Å². The number of H-pyrrole nitrogens is 1. The molecule has 0 radical (unpaired) electrons. The summed E-state index contributed by atoms with van der Waals surface area (Å²) in [6, 6.07) is 5.98. The van der Waals surface area contributed by atoms with E-state index in [2.05, 4.69) is 24.8 Å². The van der Waals surface area contributed by atoms with Crippen molar-refractivity contribution in [2.45, 2.75) is 32.3 Å². The molecule has 0 spiro atoms. The zero-order valence-corrected chi connectivity index (χ0v) is 16.5. The molecule has 2 heterocycles. The Morgan fingerprint density at radius 2 is 1.81 bits per heavy atom. The molecule has 0 fully saturated rings. The number of rotatable bonds is 4. The van der Waals surface area contributed by atoms with Crippen molar-refractivity contribution < 1.29 is 35.6 Å². The Balaban J connectivity index is 1.71. The minimum absolute atomic E-state index is 0.124. The number of imidazole rings is 1. The quantitative estimate of drug-likeness (QED) is 0.385. The van der Waals surface area contributed by atoms with Crippen LogP contribution in [-0.2, 0) is 6.18 Å². The number of hydrogen-bond acceptors (Lipinski definition) is 5. The molecule has 1 N–H and O–H groups in total. The number of nitrogens with one attached hydrogen (secondary N) is 1. The van der Waals surface area contributed by atoms with Crippen LogP contribution in [0.25, 0.3) is 33.9 Å². The van der Waals surface area contributed by atoms with E-state index in [9.17, 15) is 26.3 Å². The summed E-state index contributed by atoms with van der Waals surface area (Å²) in [6.07, 6.45) is -10.7. The first-order chi connectivity index (χ1) is 14.9. The van der Waals surface area contributed by atoms with Gasteiger partial charge >= 0.3 is 12.4 Å². The van der Waals surface area contributed by atoms with Crippen LogP contribution in [0.3, 0.4) is 0 Å². The van der Waals surface area contributed by atoms with Crippen molar-refractivity contribution >= 4 is 11.0 Å². The second-order valence-corrected chi connectivity index (χ2v) is 6.97.